The van der Waals surface area contributed by atoms with Crippen LogP contribution < -0.4 is 10.6 Å². The molecule has 4 heteroatoms. The van der Waals surface area contributed by atoms with Gasteiger partial charge in [0.2, 0.25) is 0 Å². The Morgan fingerprint density at radius 2 is 1.55 bits per heavy atom. The van der Waals surface area contributed by atoms with Gasteiger partial charge in [0.25, 0.3) is 0 Å². The number of piperidine rings is 1. The highest BCUT2D eigenvalue weighted by atomic mass is 35.5. The van der Waals surface area contributed by atoms with E-state index in [0.29, 0.717) is 5.41 Å². The largest absolute Gasteiger partial charge is 0.316 e. The van der Waals surface area contributed by atoms with Crippen LogP contribution in [0.2, 0.25) is 0 Å². The summed E-state index contributed by atoms with van der Waals surface area (Å²) >= 11 is 0. The Labute approximate surface area is 80.3 Å². The number of nitrogens with one attached hydrogen (secondary N) is 2. The standard InChI is InChI=1S/C7H14N2.2ClH/c1-2-7(4-8-3-1)5-9-6-7;;/h8-9H,1-6H2;2*1H. The number of hydrogen-bond donors (Lipinski definition) is 2. The molecule has 0 aliphatic carbocycles. The quantitative estimate of drug-likeness (QED) is 0.603. The third-order valence-corrected chi connectivity index (χ3v) is 2.56. The molecule has 0 atom stereocenters. The second kappa shape index (κ2) is 4.51. The molecule has 2 heterocycles. The Bertz CT molecular complexity index is 107. The monoisotopic (exact) mass is 198 g/mol. The molecule has 0 aromatic heterocycles. The van der Waals surface area contributed by atoms with Gasteiger partial charge in [0.05, 0.1) is 0 Å². The highest BCUT2D eigenvalue weighted by molar-refractivity contribution is 5.85. The van der Waals surface area contributed by atoms with Gasteiger partial charge in [-0.25, -0.2) is 0 Å². The summed E-state index contributed by atoms with van der Waals surface area (Å²) < 4.78 is 0. The Morgan fingerprint density at radius 1 is 0.909 bits per heavy atom. The molecule has 2 fully saturated rings. The molecule has 0 amide bonds. The summed E-state index contributed by atoms with van der Waals surface area (Å²) in [5, 5.41) is 6.77. The van der Waals surface area contributed by atoms with Gasteiger partial charge in [-0.15, -0.1) is 24.8 Å². The number of hydrogen-bond acceptors (Lipinski definition) is 2. The molecule has 2 aliphatic rings. The zero-order chi connectivity index (χ0) is 6.16. The van der Waals surface area contributed by atoms with Crippen molar-refractivity contribution in [3.8, 4) is 0 Å². The third kappa shape index (κ3) is 2.22. The first-order valence-electron chi connectivity index (χ1n) is 3.83. The highest BCUT2D eigenvalue weighted by Crippen LogP contribution is 2.29. The molecule has 0 radical (unpaired) electrons. The van der Waals surface area contributed by atoms with Crippen molar-refractivity contribution < 1.29 is 0 Å². The van der Waals surface area contributed by atoms with Crippen molar-refractivity contribution in [1.82, 2.24) is 10.6 Å². The Morgan fingerprint density at radius 3 is 1.82 bits per heavy atom. The van der Waals surface area contributed by atoms with E-state index in [-0.39, 0.29) is 24.8 Å². The van der Waals surface area contributed by atoms with Crippen LogP contribution >= 0.6 is 24.8 Å². The van der Waals surface area contributed by atoms with Crippen molar-refractivity contribution in [2.45, 2.75) is 12.8 Å². The lowest BCUT2D eigenvalue weighted by Crippen LogP contribution is -2.60. The van der Waals surface area contributed by atoms with Crippen LogP contribution in [0, 0.1) is 5.41 Å². The number of halogens is 2. The van der Waals surface area contributed by atoms with Gasteiger partial charge in [-0.2, -0.15) is 0 Å². The zero-order valence-electron chi connectivity index (χ0n) is 6.56. The van der Waals surface area contributed by atoms with Gasteiger partial charge in [-0.1, -0.05) is 0 Å². The molecule has 68 valence electrons. The lowest BCUT2D eigenvalue weighted by atomic mass is 9.76. The molecule has 0 saturated carbocycles. The van der Waals surface area contributed by atoms with Gasteiger partial charge in [-0.05, 0) is 19.4 Å². The molecule has 0 bridgehead atoms. The van der Waals surface area contributed by atoms with Crippen LogP contribution in [-0.2, 0) is 0 Å². The van der Waals surface area contributed by atoms with Crippen molar-refractivity contribution in [1.29, 1.82) is 0 Å². The topological polar surface area (TPSA) is 24.1 Å². The maximum Gasteiger partial charge on any atom is 0.00777 e. The van der Waals surface area contributed by atoms with Crippen molar-refractivity contribution in [2.24, 2.45) is 5.41 Å². The van der Waals surface area contributed by atoms with Crippen molar-refractivity contribution in [3.63, 3.8) is 0 Å². The van der Waals surface area contributed by atoms with E-state index in [1.165, 1.54) is 39.0 Å². The van der Waals surface area contributed by atoms with Gasteiger partial charge >= 0.3 is 0 Å². The predicted molar refractivity (Wildman–Crippen MR) is 51.9 cm³/mol. The van der Waals surface area contributed by atoms with Crippen LogP contribution in [0.15, 0.2) is 0 Å². The molecular weight excluding hydrogens is 183 g/mol. The minimum atomic E-state index is 0. The second-order valence-corrected chi connectivity index (χ2v) is 3.38. The summed E-state index contributed by atoms with van der Waals surface area (Å²) in [6, 6.07) is 0. The van der Waals surface area contributed by atoms with E-state index in [0.717, 1.165) is 0 Å². The smallest absolute Gasteiger partial charge is 0.00777 e. The summed E-state index contributed by atoms with van der Waals surface area (Å²) in [6.45, 7) is 4.99. The van der Waals surface area contributed by atoms with E-state index < -0.39 is 0 Å². The first-order chi connectivity index (χ1) is 4.41. The Balaban J connectivity index is 0.000000500. The van der Waals surface area contributed by atoms with E-state index in [4.69, 9.17) is 0 Å². The molecule has 2 rings (SSSR count). The van der Waals surface area contributed by atoms with Crippen LogP contribution in [0.3, 0.4) is 0 Å². The van der Waals surface area contributed by atoms with Gasteiger partial charge in [0.15, 0.2) is 0 Å². The molecule has 0 aromatic rings. The molecule has 0 unspecified atom stereocenters. The fraction of sp³-hybridized carbons (Fsp3) is 1.00. The molecule has 2 N–H and O–H groups in total. The van der Waals surface area contributed by atoms with E-state index in [2.05, 4.69) is 10.6 Å². The van der Waals surface area contributed by atoms with Crippen LogP contribution in [0.5, 0.6) is 0 Å². The van der Waals surface area contributed by atoms with Gasteiger partial charge in [-0.3, -0.25) is 0 Å². The maximum atomic E-state index is 3.44. The molecule has 1 spiro atoms. The van der Waals surface area contributed by atoms with Gasteiger partial charge in [0.1, 0.15) is 0 Å². The molecule has 11 heavy (non-hydrogen) atoms. The molecule has 2 aliphatic heterocycles. The van der Waals surface area contributed by atoms with Crippen LogP contribution in [-0.4, -0.2) is 26.2 Å². The Kier molecular flexibility index (Phi) is 4.71. The van der Waals surface area contributed by atoms with Gasteiger partial charge < -0.3 is 10.6 Å². The van der Waals surface area contributed by atoms with Crippen molar-refractivity contribution in [3.05, 3.63) is 0 Å². The average molecular weight is 199 g/mol. The predicted octanol–water partition coefficient (Wildman–Crippen LogP) is 0.803. The molecule has 0 aromatic carbocycles. The summed E-state index contributed by atoms with van der Waals surface area (Å²) in [7, 11) is 0. The lowest BCUT2D eigenvalue weighted by Gasteiger charge is -2.45. The van der Waals surface area contributed by atoms with Crippen LogP contribution in [0.4, 0.5) is 0 Å². The summed E-state index contributed by atoms with van der Waals surface area (Å²) in [5.74, 6) is 0. The maximum absolute atomic E-state index is 3.44. The SMILES string of the molecule is C1CNCC2(C1)CNC2.Cl.Cl. The molecule has 2 saturated heterocycles. The summed E-state index contributed by atoms with van der Waals surface area (Å²) in [4.78, 5) is 0. The van der Waals surface area contributed by atoms with E-state index >= 15 is 0 Å². The molecule has 2 nitrogen and oxygen atoms in total. The highest BCUT2D eigenvalue weighted by Gasteiger charge is 2.37. The third-order valence-electron chi connectivity index (χ3n) is 2.56. The van der Waals surface area contributed by atoms with Crippen LogP contribution in [0.25, 0.3) is 0 Å². The Hall–Kier alpha value is 0.500. The van der Waals surface area contributed by atoms with E-state index in [9.17, 15) is 0 Å². The van der Waals surface area contributed by atoms with E-state index in [1.807, 2.05) is 0 Å². The normalized spacial score (nSPS) is 26.2. The van der Waals surface area contributed by atoms with E-state index in [1.54, 1.807) is 0 Å². The van der Waals surface area contributed by atoms with Crippen molar-refractivity contribution >= 4 is 24.8 Å². The summed E-state index contributed by atoms with van der Waals surface area (Å²) in [6.07, 6.45) is 2.81. The lowest BCUT2D eigenvalue weighted by molar-refractivity contribution is 0.123. The average Bonchev–Trinajstić information content (AvgIpc) is 1.87. The second-order valence-electron chi connectivity index (χ2n) is 3.38. The number of rotatable bonds is 0. The fourth-order valence-corrected chi connectivity index (χ4v) is 1.81. The minimum Gasteiger partial charge on any atom is -0.316 e. The minimum absolute atomic E-state index is 0. The first-order valence-corrected chi connectivity index (χ1v) is 3.83. The first kappa shape index (κ1) is 11.5. The zero-order valence-corrected chi connectivity index (χ0v) is 8.19. The summed E-state index contributed by atoms with van der Waals surface area (Å²) in [5.41, 5.74) is 0.679. The van der Waals surface area contributed by atoms with Gasteiger partial charge in [0, 0.05) is 25.0 Å². The van der Waals surface area contributed by atoms with Crippen LogP contribution in [0.1, 0.15) is 12.8 Å². The molecular formula is C7H16Cl2N2. The van der Waals surface area contributed by atoms with Crippen molar-refractivity contribution in [2.75, 3.05) is 26.2 Å². The fourth-order valence-electron chi connectivity index (χ4n) is 1.81.